The summed E-state index contributed by atoms with van der Waals surface area (Å²) in [6.45, 7) is 3.69. The first-order valence-electron chi connectivity index (χ1n) is 6.01. The number of hydrogen-bond donors (Lipinski definition) is 1. The average Bonchev–Trinajstić information content (AvgIpc) is 2.85. The number of thiazole rings is 1. The number of aromatic carboxylic acids is 1. The fraction of sp³-hybridized carbons (Fsp3) is 0.214. The number of carboxylic acid groups (broad SMARTS) is 1. The molecule has 0 amide bonds. The maximum Gasteiger partial charge on any atom is 0.356 e. The van der Waals surface area contributed by atoms with E-state index in [1.165, 1.54) is 6.92 Å². The average molecular weight is 291 g/mol. The molecule has 1 aromatic carbocycles. The van der Waals surface area contributed by atoms with Crippen LogP contribution in [0, 0.1) is 0 Å². The predicted octanol–water partition coefficient (Wildman–Crippen LogP) is 3.11. The number of carboxylic acids is 1. The molecule has 1 N–H and O–H groups in total. The number of benzene rings is 1. The molecule has 104 valence electrons. The van der Waals surface area contributed by atoms with E-state index in [-0.39, 0.29) is 16.4 Å². The van der Waals surface area contributed by atoms with E-state index in [2.05, 4.69) is 4.98 Å². The highest BCUT2D eigenvalue weighted by Crippen LogP contribution is 2.34. The van der Waals surface area contributed by atoms with Crippen molar-refractivity contribution in [2.75, 3.05) is 6.61 Å². The Morgan fingerprint density at radius 3 is 2.60 bits per heavy atom. The second kappa shape index (κ2) is 5.83. The van der Waals surface area contributed by atoms with Gasteiger partial charge in [-0.15, -0.1) is 11.3 Å². The molecule has 0 saturated heterocycles. The summed E-state index contributed by atoms with van der Waals surface area (Å²) < 4.78 is 5.50. The van der Waals surface area contributed by atoms with Crippen LogP contribution in [0.1, 0.15) is 34.0 Å². The lowest BCUT2D eigenvalue weighted by Gasteiger charge is -2.06. The number of Topliss-reactive ketones (excluding diaryl/α,β-unsaturated/α-hetero) is 1. The van der Waals surface area contributed by atoms with Gasteiger partial charge < -0.3 is 9.84 Å². The quantitative estimate of drug-likeness (QED) is 0.856. The summed E-state index contributed by atoms with van der Waals surface area (Å²) in [5.41, 5.74) is 0.484. The molecule has 0 saturated carbocycles. The van der Waals surface area contributed by atoms with Crippen LogP contribution in [0.15, 0.2) is 24.3 Å². The smallest absolute Gasteiger partial charge is 0.356 e. The molecule has 0 spiro atoms. The van der Waals surface area contributed by atoms with Gasteiger partial charge in [0.15, 0.2) is 11.5 Å². The van der Waals surface area contributed by atoms with Gasteiger partial charge in [0.25, 0.3) is 0 Å². The Morgan fingerprint density at radius 2 is 2.05 bits per heavy atom. The van der Waals surface area contributed by atoms with E-state index < -0.39 is 5.97 Å². The summed E-state index contributed by atoms with van der Waals surface area (Å²) in [5, 5.41) is 9.58. The van der Waals surface area contributed by atoms with Gasteiger partial charge in [-0.1, -0.05) is 12.1 Å². The second-order valence-corrected chi connectivity index (χ2v) is 4.99. The number of para-hydroxylation sites is 1. The van der Waals surface area contributed by atoms with Crippen molar-refractivity contribution >= 4 is 23.1 Å². The number of nitrogens with zero attached hydrogens (tertiary/aromatic N) is 1. The third kappa shape index (κ3) is 2.70. The third-order valence-corrected chi connectivity index (χ3v) is 3.76. The topological polar surface area (TPSA) is 76.5 Å². The maximum atomic E-state index is 11.5. The zero-order valence-electron chi connectivity index (χ0n) is 11.0. The minimum atomic E-state index is -1.20. The lowest BCUT2D eigenvalue weighted by Crippen LogP contribution is -2.03. The number of rotatable bonds is 5. The van der Waals surface area contributed by atoms with E-state index in [9.17, 15) is 9.59 Å². The highest BCUT2D eigenvalue weighted by Gasteiger charge is 2.22. The van der Waals surface area contributed by atoms with Crippen LogP contribution in [0.5, 0.6) is 5.75 Å². The molecule has 20 heavy (non-hydrogen) atoms. The monoisotopic (exact) mass is 291 g/mol. The molecule has 0 atom stereocenters. The van der Waals surface area contributed by atoms with Crippen molar-refractivity contribution in [1.82, 2.24) is 4.98 Å². The molecule has 0 radical (unpaired) electrons. The van der Waals surface area contributed by atoms with Gasteiger partial charge in [0.05, 0.1) is 12.2 Å². The summed E-state index contributed by atoms with van der Waals surface area (Å²) >= 11 is 1.07. The Kier molecular flexibility index (Phi) is 4.14. The van der Waals surface area contributed by atoms with Gasteiger partial charge in [-0.3, -0.25) is 4.79 Å². The van der Waals surface area contributed by atoms with Crippen LogP contribution in [0.25, 0.3) is 10.6 Å². The predicted molar refractivity (Wildman–Crippen MR) is 75.7 cm³/mol. The van der Waals surface area contributed by atoms with E-state index in [0.717, 1.165) is 11.3 Å². The molecule has 0 aliphatic heterocycles. The Balaban J connectivity index is 2.56. The second-order valence-electron chi connectivity index (χ2n) is 3.99. The van der Waals surface area contributed by atoms with Crippen LogP contribution in [0.2, 0.25) is 0 Å². The molecular formula is C14H13NO4S. The summed E-state index contributed by atoms with van der Waals surface area (Å²) in [4.78, 5) is 26.9. The number of carbonyl (C=O) groups is 2. The zero-order chi connectivity index (χ0) is 14.7. The minimum absolute atomic E-state index is 0.152. The Labute approximate surface area is 119 Å². The molecule has 0 aliphatic carbocycles. The molecule has 2 aromatic rings. The first-order chi connectivity index (χ1) is 9.54. The molecule has 0 fully saturated rings. The maximum absolute atomic E-state index is 11.5. The van der Waals surface area contributed by atoms with Gasteiger partial charge in [0, 0.05) is 6.92 Å². The SMILES string of the molecule is CCOc1ccccc1-c1nc(C(=O)O)c(C(C)=O)s1. The van der Waals surface area contributed by atoms with Crippen molar-refractivity contribution in [3.63, 3.8) is 0 Å². The molecule has 2 rings (SSSR count). The third-order valence-electron chi connectivity index (χ3n) is 2.57. The van der Waals surface area contributed by atoms with E-state index in [1.54, 1.807) is 12.1 Å². The standard InChI is InChI=1S/C14H13NO4S/c1-3-19-10-7-5-4-6-9(10)13-15-11(14(17)18)12(20-13)8(2)16/h4-7H,3H2,1-2H3,(H,17,18). The van der Waals surface area contributed by atoms with Crippen LogP contribution < -0.4 is 4.74 Å². The largest absolute Gasteiger partial charge is 0.493 e. The van der Waals surface area contributed by atoms with E-state index in [0.29, 0.717) is 22.9 Å². The highest BCUT2D eigenvalue weighted by molar-refractivity contribution is 7.17. The van der Waals surface area contributed by atoms with Crippen LogP contribution >= 0.6 is 11.3 Å². The number of ether oxygens (including phenoxy) is 1. The number of ketones is 1. The van der Waals surface area contributed by atoms with Gasteiger partial charge in [0.2, 0.25) is 0 Å². The number of hydrogen-bond acceptors (Lipinski definition) is 5. The molecule has 6 heteroatoms. The van der Waals surface area contributed by atoms with Gasteiger partial charge in [-0.2, -0.15) is 0 Å². The fourth-order valence-corrected chi connectivity index (χ4v) is 2.73. The van der Waals surface area contributed by atoms with Crippen molar-refractivity contribution < 1.29 is 19.4 Å². The van der Waals surface area contributed by atoms with Gasteiger partial charge in [-0.05, 0) is 19.1 Å². The molecule has 1 heterocycles. The first kappa shape index (κ1) is 14.2. The van der Waals surface area contributed by atoms with Crippen LogP contribution in [-0.2, 0) is 0 Å². The fourth-order valence-electron chi connectivity index (χ4n) is 1.74. The van der Waals surface area contributed by atoms with E-state index in [4.69, 9.17) is 9.84 Å². The lowest BCUT2D eigenvalue weighted by molar-refractivity contribution is 0.0687. The molecular weight excluding hydrogens is 278 g/mol. The molecule has 0 unspecified atom stereocenters. The van der Waals surface area contributed by atoms with Gasteiger partial charge >= 0.3 is 5.97 Å². The van der Waals surface area contributed by atoms with Crippen molar-refractivity contribution in [1.29, 1.82) is 0 Å². The minimum Gasteiger partial charge on any atom is -0.493 e. The molecule has 0 aliphatic rings. The van der Waals surface area contributed by atoms with Crippen LogP contribution in [0.4, 0.5) is 0 Å². The molecule has 1 aromatic heterocycles. The summed E-state index contributed by atoms with van der Waals surface area (Å²) in [6.07, 6.45) is 0. The highest BCUT2D eigenvalue weighted by atomic mass is 32.1. The van der Waals surface area contributed by atoms with Crippen LogP contribution in [0.3, 0.4) is 0 Å². The molecule has 5 nitrogen and oxygen atoms in total. The zero-order valence-corrected chi connectivity index (χ0v) is 11.9. The van der Waals surface area contributed by atoms with Crippen molar-refractivity contribution in [2.45, 2.75) is 13.8 Å². The van der Waals surface area contributed by atoms with Crippen LogP contribution in [-0.4, -0.2) is 28.4 Å². The summed E-state index contributed by atoms with van der Waals surface area (Å²) in [7, 11) is 0. The summed E-state index contributed by atoms with van der Waals surface area (Å²) in [5.74, 6) is -0.887. The van der Waals surface area contributed by atoms with Crippen molar-refractivity contribution in [3.05, 3.63) is 34.8 Å². The van der Waals surface area contributed by atoms with Crippen molar-refractivity contribution in [2.24, 2.45) is 0 Å². The number of aromatic nitrogens is 1. The van der Waals surface area contributed by atoms with E-state index >= 15 is 0 Å². The number of carbonyl (C=O) groups excluding carboxylic acids is 1. The Bertz CT molecular complexity index is 631. The van der Waals surface area contributed by atoms with Crippen molar-refractivity contribution in [3.8, 4) is 16.3 Å². The normalized spacial score (nSPS) is 10.3. The molecule has 0 bridgehead atoms. The first-order valence-corrected chi connectivity index (χ1v) is 6.83. The summed E-state index contributed by atoms with van der Waals surface area (Å²) in [6, 6.07) is 7.21. The lowest BCUT2D eigenvalue weighted by atomic mass is 10.2. The van der Waals surface area contributed by atoms with Gasteiger partial charge in [0.1, 0.15) is 15.6 Å². The Hall–Kier alpha value is -2.21. The van der Waals surface area contributed by atoms with E-state index in [1.807, 2.05) is 19.1 Å². The Morgan fingerprint density at radius 1 is 1.35 bits per heavy atom. The van der Waals surface area contributed by atoms with Gasteiger partial charge in [-0.25, -0.2) is 9.78 Å².